The molecule has 1 aromatic carbocycles. The van der Waals surface area contributed by atoms with Gasteiger partial charge in [0.15, 0.2) is 11.5 Å². The molecule has 5 nitrogen and oxygen atoms in total. The molecule has 1 aliphatic heterocycles. The zero-order valence-corrected chi connectivity index (χ0v) is 12.5. The lowest BCUT2D eigenvalue weighted by atomic mass is 10.2. The lowest BCUT2D eigenvalue weighted by Crippen LogP contribution is -2.32. The van der Waals surface area contributed by atoms with Crippen LogP contribution in [0.1, 0.15) is 18.4 Å². The van der Waals surface area contributed by atoms with E-state index >= 15 is 0 Å². The number of amides is 1. The van der Waals surface area contributed by atoms with E-state index in [1.165, 1.54) is 0 Å². The molecule has 1 aromatic rings. The predicted molar refractivity (Wildman–Crippen MR) is 79.9 cm³/mol. The van der Waals surface area contributed by atoms with E-state index in [9.17, 15) is 4.79 Å². The van der Waals surface area contributed by atoms with E-state index in [2.05, 4.69) is 10.6 Å². The van der Waals surface area contributed by atoms with E-state index in [1.807, 2.05) is 12.1 Å². The number of carbonyl (C=O) groups excluding carboxylic acids is 1. The Hall–Kier alpha value is -1.46. The van der Waals surface area contributed by atoms with Crippen LogP contribution in [0.15, 0.2) is 12.1 Å². The molecule has 1 heterocycles. The minimum atomic E-state index is 0.180. The largest absolute Gasteiger partial charge is 0.486 e. The number of halogens is 1. The number of carbonyl (C=O) groups is 1. The molecule has 0 spiro atoms. The Morgan fingerprint density at radius 1 is 1.24 bits per heavy atom. The van der Waals surface area contributed by atoms with Gasteiger partial charge in [0.05, 0.1) is 5.02 Å². The summed E-state index contributed by atoms with van der Waals surface area (Å²) in [5, 5.41) is 6.78. The number of ether oxygens (including phenoxy) is 2. The van der Waals surface area contributed by atoms with Gasteiger partial charge in [-0.25, -0.2) is 0 Å². The second-order valence-corrected chi connectivity index (χ2v) is 5.75. The van der Waals surface area contributed by atoms with Crippen LogP contribution in [0.25, 0.3) is 0 Å². The number of rotatable bonds is 6. The molecule has 21 heavy (non-hydrogen) atoms. The summed E-state index contributed by atoms with van der Waals surface area (Å²) in [6, 6.07) is 3.82. The fourth-order valence-corrected chi connectivity index (χ4v) is 2.55. The number of fused-ring (bicyclic) bond motifs is 1. The van der Waals surface area contributed by atoms with Gasteiger partial charge in [-0.3, -0.25) is 4.79 Å². The van der Waals surface area contributed by atoms with E-state index in [4.69, 9.17) is 21.1 Å². The highest BCUT2D eigenvalue weighted by atomic mass is 35.5. The molecule has 1 fully saturated rings. The van der Waals surface area contributed by atoms with Crippen molar-refractivity contribution in [3.63, 3.8) is 0 Å². The number of benzene rings is 1. The van der Waals surface area contributed by atoms with E-state index in [0.29, 0.717) is 42.8 Å². The molecule has 114 valence electrons. The van der Waals surface area contributed by atoms with Crippen LogP contribution in [0.3, 0.4) is 0 Å². The van der Waals surface area contributed by atoms with Gasteiger partial charge in [0.2, 0.25) is 5.91 Å². The third-order valence-corrected chi connectivity index (χ3v) is 3.82. The molecule has 0 atom stereocenters. The van der Waals surface area contributed by atoms with E-state index in [1.54, 1.807) is 0 Å². The van der Waals surface area contributed by atoms with Gasteiger partial charge in [0.1, 0.15) is 13.2 Å². The minimum absolute atomic E-state index is 0.180. The monoisotopic (exact) mass is 310 g/mol. The summed E-state index contributed by atoms with van der Waals surface area (Å²) < 4.78 is 11.0. The molecule has 6 heteroatoms. The first kappa shape index (κ1) is 14.5. The quantitative estimate of drug-likeness (QED) is 0.786. The van der Waals surface area contributed by atoms with Gasteiger partial charge in [-0.2, -0.15) is 0 Å². The highest BCUT2D eigenvalue weighted by Crippen LogP contribution is 2.38. The molecule has 1 amide bonds. The zero-order chi connectivity index (χ0) is 14.7. The van der Waals surface area contributed by atoms with Crippen molar-refractivity contribution in [2.45, 2.75) is 19.4 Å². The Balaban J connectivity index is 1.44. The zero-order valence-electron chi connectivity index (χ0n) is 11.8. The predicted octanol–water partition coefficient (Wildman–Crippen LogP) is 1.73. The molecular weight excluding hydrogens is 292 g/mol. The van der Waals surface area contributed by atoms with Crippen LogP contribution in [-0.4, -0.2) is 32.2 Å². The van der Waals surface area contributed by atoms with Gasteiger partial charge in [0, 0.05) is 25.6 Å². The topological polar surface area (TPSA) is 59.6 Å². The fraction of sp³-hybridized carbons (Fsp3) is 0.533. The average Bonchev–Trinajstić information content (AvgIpc) is 3.31. The first-order valence-electron chi connectivity index (χ1n) is 7.30. The Bertz CT molecular complexity index is 532. The van der Waals surface area contributed by atoms with Crippen molar-refractivity contribution in [2.24, 2.45) is 5.92 Å². The summed E-state index contributed by atoms with van der Waals surface area (Å²) in [6.45, 7) is 3.13. The summed E-state index contributed by atoms with van der Waals surface area (Å²) in [5.74, 6) is 1.77. The first-order chi connectivity index (χ1) is 10.2. The Kier molecular flexibility index (Phi) is 4.51. The van der Waals surface area contributed by atoms with Crippen molar-refractivity contribution in [3.05, 3.63) is 22.7 Å². The van der Waals surface area contributed by atoms with E-state index in [-0.39, 0.29) is 11.8 Å². The van der Waals surface area contributed by atoms with Gasteiger partial charge in [-0.1, -0.05) is 11.6 Å². The van der Waals surface area contributed by atoms with Crippen LogP contribution in [0, 0.1) is 5.92 Å². The van der Waals surface area contributed by atoms with Gasteiger partial charge < -0.3 is 20.1 Å². The number of hydrogen-bond donors (Lipinski definition) is 2. The van der Waals surface area contributed by atoms with Crippen LogP contribution >= 0.6 is 11.6 Å². The fourth-order valence-electron chi connectivity index (χ4n) is 2.26. The van der Waals surface area contributed by atoms with Crippen LogP contribution < -0.4 is 20.1 Å². The standard InChI is InChI=1S/C15H19ClN2O3/c16-12-7-10(8-13-14(12)21-6-5-20-13)9-17-3-4-18-15(19)11-1-2-11/h7-8,11,17H,1-6,9H2,(H,18,19). The summed E-state index contributed by atoms with van der Waals surface area (Å²) in [7, 11) is 0. The van der Waals surface area contributed by atoms with Gasteiger partial charge in [-0.15, -0.1) is 0 Å². The molecule has 0 aromatic heterocycles. The highest BCUT2D eigenvalue weighted by Gasteiger charge is 2.28. The lowest BCUT2D eigenvalue weighted by molar-refractivity contribution is -0.122. The average molecular weight is 311 g/mol. The van der Waals surface area contributed by atoms with Gasteiger partial charge in [0.25, 0.3) is 0 Å². The third-order valence-electron chi connectivity index (χ3n) is 3.53. The third kappa shape index (κ3) is 3.80. The Morgan fingerprint density at radius 2 is 2.05 bits per heavy atom. The second kappa shape index (κ2) is 6.54. The SMILES string of the molecule is O=C(NCCNCc1cc(Cl)c2c(c1)OCCO2)C1CC1. The normalized spacial score (nSPS) is 16.6. The maximum atomic E-state index is 11.5. The van der Waals surface area contributed by atoms with Crippen LogP contribution in [-0.2, 0) is 11.3 Å². The van der Waals surface area contributed by atoms with E-state index < -0.39 is 0 Å². The van der Waals surface area contributed by atoms with Crippen molar-refractivity contribution in [3.8, 4) is 11.5 Å². The van der Waals surface area contributed by atoms with Crippen LogP contribution in [0.4, 0.5) is 0 Å². The number of nitrogens with one attached hydrogen (secondary N) is 2. The van der Waals surface area contributed by atoms with Crippen molar-refractivity contribution >= 4 is 17.5 Å². The van der Waals surface area contributed by atoms with Gasteiger partial charge in [-0.05, 0) is 30.5 Å². The highest BCUT2D eigenvalue weighted by molar-refractivity contribution is 6.32. The summed E-state index contributed by atoms with van der Waals surface area (Å²) in [5.41, 5.74) is 1.04. The molecule has 1 saturated carbocycles. The second-order valence-electron chi connectivity index (χ2n) is 5.34. The molecule has 1 aliphatic carbocycles. The molecule has 0 saturated heterocycles. The lowest BCUT2D eigenvalue weighted by Gasteiger charge is -2.20. The van der Waals surface area contributed by atoms with Crippen LogP contribution in [0.5, 0.6) is 11.5 Å². The maximum absolute atomic E-state index is 11.5. The summed E-state index contributed by atoms with van der Waals surface area (Å²) in [4.78, 5) is 11.5. The molecular formula is C15H19ClN2O3. The van der Waals surface area contributed by atoms with E-state index in [0.717, 1.165) is 24.9 Å². The van der Waals surface area contributed by atoms with Crippen molar-refractivity contribution in [1.82, 2.24) is 10.6 Å². The van der Waals surface area contributed by atoms with Crippen LogP contribution in [0.2, 0.25) is 5.02 Å². The number of hydrogen-bond acceptors (Lipinski definition) is 4. The van der Waals surface area contributed by atoms with Gasteiger partial charge >= 0.3 is 0 Å². The van der Waals surface area contributed by atoms with Crippen molar-refractivity contribution < 1.29 is 14.3 Å². The molecule has 2 N–H and O–H groups in total. The molecule has 0 unspecified atom stereocenters. The Morgan fingerprint density at radius 3 is 2.86 bits per heavy atom. The summed E-state index contributed by atoms with van der Waals surface area (Å²) in [6.07, 6.45) is 2.07. The summed E-state index contributed by atoms with van der Waals surface area (Å²) >= 11 is 6.18. The molecule has 0 radical (unpaired) electrons. The molecule has 3 rings (SSSR count). The van der Waals surface area contributed by atoms with Crippen molar-refractivity contribution in [2.75, 3.05) is 26.3 Å². The Labute approximate surface area is 128 Å². The smallest absolute Gasteiger partial charge is 0.223 e. The first-order valence-corrected chi connectivity index (χ1v) is 7.68. The minimum Gasteiger partial charge on any atom is -0.486 e. The maximum Gasteiger partial charge on any atom is 0.223 e. The van der Waals surface area contributed by atoms with Crippen molar-refractivity contribution in [1.29, 1.82) is 0 Å². The molecule has 0 bridgehead atoms. The molecule has 2 aliphatic rings.